The van der Waals surface area contributed by atoms with Crippen LogP contribution in [0.5, 0.6) is 0 Å². The summed E-state index contributed by atoms with van der Waals surface area (Å²) >= 11 is 0. The summed E-state index contributed by atoms with van der Waals surface area (Å²) in [5, 5.41) is 4.49. The van der Waals surface area contributed by atoms with Crippen LogP contribution in [0.1, 0.15) is 10.4 Å². The van der Waals surface area contributed by atoms with Gasteiger partial charge >= 0.3 is 0 Å². The number of anilines is 1. The fraction of sp³-hybridized carbons (Fsp3) is 0.190. The number of amides is 1. The number of halogens is 1. The summed E-state index contributed by atoms with van der Waals surface area (Å²) in [5.74, 6) is 0.222. The van der Waals surface area contributed by atoms with Crippen LogP contribution in [0.15, 0.2) is 71.5 Å². The molecule has 1 amide bonds. The first-order valence-corrected chi connectivity index (χ1v) is 9.07. The van der Waals surface area contributed by atoms with E-state index in [0.717, 1.165) is 0 Å². The van der Waals surface area contributed by atoms with Gasteiger partial charge in [0.2, 0.25) is 0 Å². The van der Waals surface area contributed by atoms with Crippen LogP contribution in [0.3, 0.4) is 0 Å². The summed E-state index contributed by atoms with van der Waals surface area (Å²) < 4.78 is 14.4. The van der Waals surface area contributed by atoms with Crippen LogP contribution >= 0.6 is 0 Å². The van der Waals surface area contributed by atoms with E-state index in [2.05, 4.69) is 5.10 Å². The lowest BCUT2D eigenvalue weighted by atomic mass is 10.2. The Labute approximate surface area is 161 Å². The van der Waals surface area contributed by atoms with Crippen LogP contribution in [0.25, 0.3) is 5.69 Å². The van der Waals surface area contributed by atoms with Gasteiger partial charge in [0.1, 0.15) is 11.6 Å². The Hall–Kier alpha value is -3.48. The first kappa shape index (κ1) is 17.9. The number of hydrogen-bond donors (Lipinski definition) is 0. The van der Waals surface area contributed by atoms with Gasteiger partial charge < -0.3 is 9.80 Å². The van der Waals surface area contributed by atoms with Gasteiger partial charge in [-0.2, -0.15) is 4.68 Å². The van der Waals surface area contributed by atoms with E-state index >= 15 is 0 Å². The number of aromatic nitrogens is 2. The van der Waals surface area contributed by atoms with Gasteiger partial charge in [-0.1, -0.05) is 18.2 Å². The Morgan fingerprint density at radius 2 is 1.54 bits per heavy atom. The molecule has 2 aromatic carbocycles. The molecule has 7 heteroatoms. The Morgan fingerprint density at radius 3 is 2.21 bits per heavy atom. The standard InChI is InChI=1S/C21H19FN4O2/c22-17-8-6-16(7-9-17)21(28)25-14-12-24(13-15-25)19-10-11-20(27)26(23-19)18-4-2-1-3-5-18/h1-11H,12-15H2. The van der Waals surface area contributed by atoms with Gasteiger partial charge in [-0.3, -0.25) is 9.59 Å². The van der Waals surface area contributed by atoms with Crippen molar-refractivity contribution in [2.75, 3.05) is 31.1 Å². The molecular formula is C21H19FN4O2. The quantitative estimate of drug-likeness (QED) is 0.702. The number of hydrogen-bond acceptors (Lipinski definition) is 4. The first-order valence-electron chi connectivity index (χ1n) is 9.07. The SMILES string of the molecule is O=C(c1ccc(F)cc1)N1CCN(c2ccc(=O)n(-c3ccccc3)n2)CC1. The largest absolute Gasteiger partial charge is 0.352 e. The number of para-hydroxylation sites is 1. The molecular weight excluding hydrogens is 359 g/mol. The summed E-state index contributed by atoms with van der Waals surface area (Å²) in [6, 6.07) is 18.1. The highest BCUT2D eigenvalue weighted by Gasteiger charge is 2.23. The number of benzene rings is 2. The van der Waals surface area contributed by atoms with Crippen molar-refractivity contribution in [3.8, 4) is 5.69 Å². The molecule has 1 fully saturated rings. The maximum Gasteiger partial charge on any atom is 0.271 e. The van der Waals surface area contributed by atoms with Crippen molar-refractivity contribution in [1.29, 1.82) is 0 Å². The van der Waals surface area contributed by atoms with Gasteiger partial charge in [0, 0.05) is 37.8 Å². The van der Waals surface area contributed by atoms with Gasteiger partial charge in [-0.05, 0) is 42.5 Å². The van der Waals surface area contributed by atoms with Gasteiger partial charge in [-0.25, -0.2) is 4.39 Å². The molecule has 1 aliphatic rings. The third kappa shape index (κ3) is 3.64. The molecule has 1 aromatic heterocycles. The van der Waals surface area contributed by atoms with Crippen LogP contribution in [-0.2, 0) is 0 Å². The third-order valence-electron chi connectivity index (χ3n) is 4.77. The highest BCUT2D eigenvalue weighted by molar-refractivity contribution is 5.94. The highest BCUT2D eigenvalue weighted by atomic mass is 19.1. The van der Waals surface area contributed by atoms with Gasteiger partial charge in [0.05, 0.1) is 5.69 Å². The minimum absolute atomic E-state index is 0.109. The van der Waals surface area contributed by atoms with Crippen LogP contribution in [0.2, 0.25) is 0 Å². The zero-order chi connectivity index (χ0) is 19.5. The fourth-order valence-electron chi connectivity index (χ4n) is 3.24. The summed E-state index contributed by atoms with van der Waals surface area (Å²) in [4.78, 5) is 28.5. The number of nitrogens with zero attached hydrogens (tertiary/aromatic N) is 4. The van der Waals surface area contributed by atoms with E-state index in [-0.39, 0.29) is 17.3 Å². The lowest BCUT2D eigenvalue weighted by molar-refractivity contribution is 0.0746. The molecule has 0 saturated carbocycles. The van der Waals surface area contributed by atoms with Crippen molar-refractivity contribution < 1.29 is 9.18 Å². The van der Waals surface area contributed by atoms with Gasteiger partial charge in [0.15, 0.2) is 0 Å². The Bertz CT molecular complexity index is 1030. The van der Waals surface area contributed by atoms with Crippen molar-refractivity contribution in [3.05, 3.63) is 88.5 Å². The summed E-state index contributed by atoms with van der Waals surface area (Å²) in [6.07, 6.45) is 0. The number of carbonyl (C=O) groups is 1. The molecule has 0 aliphatic carbocycles. The second kappa shape index (κ2) is 7.64. The molecule has 0 bridgehead atoms. The summed E-state index contributed by atoms with van der Waals surface area (Å²) in [6.45, 7) is 2.27. The lowest BCUT2D eigenvalue weighted by Gasteiger charge is -2.35. The molecule has 28 heavy (non-hydrogen) atoms. The topological polar surface area (TPSA) is 58.4 Å². The van der Waals surface area contributed by atoms with Crippen molar-refractivity contribution in [3.63, 3.8) is 0 Å². The minimum Gasteiger partial charge on any atom is -0.352 e. The van der Waals surface area contributed by atoms with E-state index in [1.165, 1.54) is 35.0 Å². The molecule has 0 atom stereocenters. The number of rotatable bonds is 3. The molecule has 0 unspecified atom stereocenters. The summed E-state index contributed by atoms with van der Waals surface area (Å²) in [5.41, 5.74) is 0.991. The van der Waals surface area contributed by atoms with E-state index in [1.54, 1.807) is 11.0 Å². The molecule has 142 valence electrons. The van der Waals surface area contributed by atoms with Crippen LogP contribution < -0.4 is 10.5 Å². The molecule has 3 aromatic rings. The molecule has 1 aliphatic heterocycles. The van der Waals surface area contributed by atoms with E-state index in [9.17, 15) is 14.0 Å². The smallest absolute Gasteiger partial charge is 0.271 e. The molecule has 6 nitrogen and oxygen atoms in total. The van der Waals surface area contributed by atoms with Crippen LogP contribution in [-0.4, -0.2) is 46.8 Å². The highest BCUT2D eigenvalue weighted by Crippen LogP contribution is 2.15. The average molecular weight is 378 g/mol. The number of piperazine rings is 1. The maximum atomic E-state index is 13.1. The molecule has 4 rings (SSSR count). The van der Waals surface area contributed by atoms with E-state index in [1.807, 2.05) is 35.2 Å². The second-order valence-corrected chi connectivity index (χ2v) is 6.56. The first-order chi connectivity index (χ1) is 13.6. The fourth-order valence-corrected chi connectivity index (χ4v) is 3.24. The third-order valence-corrected chi connectivity index (χ3v) is 4.77. The normalized spacial score (nSPS) is 14.2. The molecule has 0 radical (unpaired) electrons. The number of carbonyl (C=O) groups excluding carboxylic acids is 1. The monoisotopic (exact) mass is 378 g/mol. The van der Waals surface area contributed by atoms with Crippen LogP contribution in [0, 0.1) is 5.82 Å². The summed E-state index contributed by atoms with van der Waals surface area (Å²) in [7, 11) is 0. The second-order valence-electron chi connectivity index (χ2n) is 6.56. The van der Waals surface area contributed by atoms with E-state index < -0.39 is 0 Å². The predicted octanol–water partition coefficient (Wildman–Crippen LogP) is 2.33. The van der Waals surface area contributed by atoms with Gasteiger partial charge in [-0.15, -0.1) is 5.10 Å². The minimum atomic E-state index is -0.360. The van der Waals surface area contributed by atoms with E-state index in [0.29, 0.717) is 43.2 Å². The molecule has 1 saturated heterocycles. The Balaban J connectivity index is 1.47. The Kier molecular flexibility index (Phi) is 4.89. The van der Waals surface area contributed by atoms with Crippen molar-refractivity contribution >= 4 is 11.7 Å². The molecule has 0 N–H and O–H groups in total. The zero-order valence-electron chi connectivity index (χ0n) is 15.2. The van der Waals surface area contributed by atoms with Crippen molar-refractivity contribution in [2.45, 2.75) is 0 Å². The van der Waals surface area contributed by atoms with Crippen LogP contribution in [0.4, 0.5) is 10.2 Å². The van der Waals surface area contributed by atoms with Crippen molar-refractivity contribution in [1.82, 2.24) is 14.7 Å². The predicted molar refractivity (Wildman–Crippen MR) is 104 cm³/mol. The molecule has 0 spiro atoms. The Morgan fingerprint density at radius 1 is 0.857 bits per heavy atom. The zero-order valence-corrected chi connectivity index (χ0v) is 15.2. The lowest BCUT2D eigenvalue weighted by Crippen LogP contribution is -2.49. The van der Waals surface area contributed by atoms with Gasteiger partial charge in [0.25, 0.3) is 11.5 Å². The van der Waals surface area contributed by atoms with E-state index in [4.69, 9.17) is 0 Å². The maximum absolute atomic E-state index is 13.1. The van der Waals surface area contributed by atoms with Crippen molar-refractivity contribution in [2.24, 2.45) is 0 Å². The molecule has 2 heterocycles. The average Bonchev–Trinajstić information content (AvgIpc) is 2.75.